The Kier molecular flexibility index (Phi) is 6.20. The van der Waals surface area contributed by atoms with Gasteiger partial charge < -0.3 is 10.7 Å². The molecule has 20 heavy (non-hydrogen) atoms. The van der Waals surface area contributed by atoms with Crippen molar-refractivity contribution in [1.82, 2.24) is 9.97 Å². The monoisotopic (exact) mass is 279 g/mol. The van der Waals surface area contributed by atoms with Gasteiger partial charge in [0.25, 0.3) is 0 Å². The number of aromatic nitrogens is 2. The highest BCUT2D eigenvalue weighted by Crippen LogP contribution is 2.28. The van der Waals surface area contributed by atoms with E-state index in [4.69, 9.17) is 5.84 Å². The van der Waals surface area contributed by atoms with Gasteiger partial charge in [-0.15, -0.1) is 0 Å². The summed E-state index contributed by atoms with van der Waals surface area (Å²) in [5.41, 5.74) is 3.75. The molecule has 0 bridgehead atoms. The lowest BCUT2D eigenvalue weighted by Gasteiger charge is -2.33. The average Bonchev–Trinajstić information content (AvgIpc) is 2.48. The normalized spacial score (nSPS) is 11.5. The minimum atomic E-state index is 0.0917. The molecular formula is C15H29N5. The summed E-state index contributed by atoms with van der Waals surface area (Å²) >= 11 is 0. The number of rotatable bonds is 8. The lowest BCUT2D eigenvalue weighted by molar-refractivity contribution is 0.418. The van der Waals surface area contributed by atoms with E-state index < -0.39 is 0 Å². The maximum atomic E-state index is 5.58. The Morgan fingerprint density at radius 3 is 2.00 bits per heavy atom. The van der Waals surface area contributed by atoms with Crippen LogP contribution < -0.4 is 16.6 Å². The molecule has 114 valence electrons. The van der Waals surface area contributed by atoms with Gasteiger partial charge in [-0.25, -0.2) is 15.8 Å². The fourth-order valence-corrected chi connectivity index (χ4v) is 2.43. The smallest absolute Gasteiger partial charge is 0.148 e. The molecule has 0 amide bonds. The van der Waals surface area contributed by atoms with E-state index in [1.165, 1.54) is 0 Å². The molecule has 0 saturated heterocycles. The van der Waals surface area contributed by atoms with Crippen LogP contribution in [0.15, 0.2) is 0 Å². The zero-order valence-electron chi connectivity index (χ0n) is 13.5. The second kappa shape index (κ2) is 7.43. The summed E-state index contributed by atoms with van der Waals surface area (Å²) in [6, 6.07) is 0. The Labute approximate surface area is 122 Å². The van der Waals surface area contributed by atoms with Gasteiger partial charge in [0, 0.05) is 17.5 Å². The van der Waals surface area contributed by atoms with Crippen LogP contribution in [0.2, 0.25) is 0 Å². The standard InChI is InChI=1S/C15H29N5/c1-6-10-12-17-13(11(5)14(18-12)20-16)19-15(7-2,8-3)9-4/h6-10,16H2,1-5H3,(H2,17,18,19,20). The van der Waals surface area contributed by atoms with Gasteiger partial charge in [0.05, 0.1) is 0 Å². The molecule has 5 nitrogen and oxygen atoms in total. The van der Waals surface area contributed by atoms with Crippen molar-refractivity contribution in [2.45, 2.75) is 72.3 Å². The molecule has 0 aliphatic heterocycles. The number of anilines is 2. The van der Waals surface area contributed by atoms with Crippen LogP contribution in [-0.4, -0.2) is 15.5 Å². The van der Waals surface area contributed by atoms with E-state index >= 15 is 0 Å². The molecule has 0 aromatic carbocycles. The highest BCUT2D eigenvalue weighted by Gasteiger charge is 2.25. The maximum Gasteiger partial charge on any atom is 0.148 e. The van der Waals surface area contributed by atoms with Crippen LogP contribution >= 0.6 is 0 Å². The number of nitrogen functional groups attached to an aromatic ring is 1. The molecule has 0 aliphatic rings. The first kappa shape index (κ1) is 16.7. The SMILES string of the molecule is CCCc1nc(NN)c(C)c(NC(CC)(CC)CC)n1. The van der Waals surface area contributed by atoms with Gasteiger partial charge in [-0.2, -0.15) is 0 Å². The number of hydrogen-bond acceptors (Lipinski definition) is 5. The first-order valence-corrected chi connectivity index (χ1v) is 7.68. The van der Waals surface area contributed by atoms with E-state index in [-0.39, 0.29) is 5.54 Å². The Bertz CT molecular complexity index is 418. The Hall–Kier alpha value is -1.36. The predicted molar refractivity (Wildman–Crippen MR) is 85.8 cm³/mol. The third kappa shape index (κ3) is 3.60. The van der Waals surface area contributed by atoms with Crippen LogP contribution in [-0.2, 0) is 6.42 Å². The maximum absolute atomic E-state index is 5.58. The van der Waals surface area contributed by atoms with Gasteiger partial charge in [-0.3, -0.25) is 0 Å². The van der Waals surface area contributed by atoms with Gasteiger partial charge in [0.2, 0.25) is 0 Å². The number of nitrogens with two attached hydrogens (primary N) is 1. The minimum Gasteiger partial charge on any atom is -0.364 e. The zero-order valence-corrected chi connectivity index (χ0v) is 13.5. The quantitative estimate of drug-likeness (QED) is 0.502. The molecule has 5 heteroatoms. The number of nitrogens with one attached hydrogen (secondary N) is 2. The molecule has 0 saturated carbocycles. The molecule has 0 atom stereocenters. The van der Waals surface area contributed by atoms with Crippen LogP contribution in [0.1, 0.15) is 64.8 Å². The van der Waals surface area contributed by atoms with Crippen LogP contribution in [0.5, 0.6) is 0 Å². The summed E-state index contributed by atoms with van der Waals surface area (Å²) in [5.74, 6) is 8.03. The fourth-order valence-electron chi connectivity index (χ4n) is 2.43. The van der Waals surface area contributed by atoms with Gasteiger partial charge in [0.15, 0.2) is 0 Å². The van der Waals surface area contributed by atoms with Gasteiger partial charge in [-0.05, 0) is 32.6 Å². The van der Waals surface area contributed by atoms with Crippen molar-refractivity contribution in [3.05, 3.63) is 11.4 Å². The first-order valence-electron chi connectivity index (χ1n) is 7.68. The van der Waals surface area contributed by atoms with Crippen LogP contribution in [0.25, 0.3) is 0 Å². The predicted octanol–water partition coefficient (Wildman–Crippen LogP) is 3.40. The molecule has 4 N–H and O–H groups in total. The van der Waals surface area contributed by atoms with Gasteiger partial charge >= 0.3 is 0 Å². The Balaban J connectivity index is 3.18. The second-order valence-electron chi connectivity index (χ2n) is 5.32. The van der Waals surface area contributed by atoms with E-state index in [9.17, 15) is 0 Å². The average molecular weight is 279 g/mol. The second-order valence-corrected chi connectivity index (χ2v) is 5.32. The molecule has 0 fully saturated rings. The summed E-state index contributed by atoms with van der Waals surface area (Å²) in [4.78, 5) is 9.14. The summed E-state index contributed by atoms with van der Waals surface area (Å²) in [5, 5.41) is 3.64. The van der Waals surface area contributed by atoms with Crippen molar-refractivity contribution >= 4 is 11.6 Å². The van der Waals surface area contributed by atoms with Crippen LogP contribution in [0.4, 0.5) is 11.6 Å². The number of aryl methyl sites for hydroxylation is 1. The highest BCUT2D eigenvalue weighted by atomic mass is 15.3. The molecule has 1 rings (SSSR count). The fraction of sp³-hybridized carbons (Fsp3) is 0.733. The highest BCUT2D eigenvalue weighted by molar-refractivity contribution is 5.57. The molecule has 1 aromatic rings. The largest absolute Gasteiger partial charge is 0.364 e. The van der Waals surface area contributed by atoms with Gasteiger partial charge in [0.1, 0.15) is 17.5 Å². The summed E-state index contributed by atoms with van der Waals surface area (Å²) in [6.45, 7) is 10.8. The number of hydrogen-bond donors (Lipinski definition) is 3. The van der Waals surface area contributed by atoms with E-state index in [1.54, 1.807) is 0 Å². The van der Waals surface area contributed by atoms with E-state index in [0.29, 0.717) is 5.82 Å². The Morgan fingerprint density at radius 2 is 1.55 bits per heavy atom. The van der Waals surface area contributed by atoms with Gasteiger partial charge in [-0.1, -0.05) is 27.7 Å². The lowest BCUT2D eigenvalue weighted by atomic mass is 9.89. The number of hydrazine groups is 1. The van der Waals surface area contributed by atoms with E-state index in [0.717, 1.165) is 49.3 Å². The molecular weight excluding hydrogens is 250 g/mol. The summed E-state index contributed by atoms with van der Waals surface area (Å²) < 4.78 is 0. The molecule has 1 aromatic heterocycles. The lowest BCUT2D eigenvalue weighted by Crippen LogP contribution is -2.37. The molecule has 0 unspecified atom stereocenters. The summed E-state index contributed by atoms with van der Waals surface area (Å²) in [7, 11) is 0. The topological polar surface area (TPSA) is 75.9 Å². The molecule has 0 aliphatic carbocycles. The van der Waals surface area contributed by atoms with Crippen molar-refractivity contribution in [1.29, 1.82) is 0 Å². The first-order chi connectivity index (χ1) is 9.55. The Morgan fingerprint density at radius 1 is 1.00 bits per heavy atom. The molecule has 1 heterocycles. The van der Waals surface area contributed by atoms with Crippen LogP contribution in [0.3, 0.4) is 0 Å². The summed E-state index contributed by atoms with van der Waals surface area (Å²) in [6.07, 6.45) is 5.09. The van der Waals surface area contributed by atoms with E-state index in [1.807, 2.05) is 6.92 Å². The zero-order chi connectivity index (χ0) is 15.2. The number of nitrogens with zero attached hydrogens (tertiary/aromatic N) is 2. The third-order valence-corrected chi connectivity index (χ3v) is 4.22. The third-order valence-electron chi connectivity index (χ3n) is 4.22. The molecule has 0 spiro atoms. The van der Waals surface area contributed by atoms with Crippen molar-refractivity contribution in [2.24, 2.45) is 5.84 Å². The van der Waals surface area contributed by atoms with E-state index in [2.05, 4.69) is 48.4 Å². The van der Waals surface area contributed by atoms with Crippen molar-refractivity contribution in [3.63, 3.8) is 0 Å². The van der Waals surface area contributed by atoms with Crippen molar-refractivity contribution in [2.75, 3.05) is 10.7 Å². The van der Waals surface area contributed by atoms with Crippen LogP contribution in [0, 0.1) is 6.92 Å². The van der Waals surface area contributed by atoms with Crippen molar-refractivity contribution in [3.8, 4) is 0 Å². The minimum absolute atomic E-state index is 0.0917. The van der Waals surface area contributed by atoms with Crippen molar-refractivity contribution < 1.29 is 0 Å². The molecule has 0 radical (unpaired) electrons.